The molecule has 1 aliphatic rings. The largest absolute Gasteiger partial charge is 0.397 e. The summed E-state index contributed by atoms with van der Waals surface area (Å²) in [5, 5.41) is 0. The lowest BCUT2D eigenvalue weighted by Crippen LogP contribution is -2.27. The summed E-state index contributed by atoms with van der Waals surface area (Å²) >= 11 is 3.40. The van der Waals surface area contributed by atoms with Crippen molar-refractivity contribution in [1.29, 1.82) is 0 Å². The molecule has 0 aromatic heterocycles. The minimum atomic E-state index is -2.88. The summed E-state index contributed by atoms with van der Waals surface area (Å²) in [4.78, 5) is 2.05. The van der Waals surface area contributed by atoms with Crippen LogP contribution in [0.15, 0.2) is 22.7 Å². The predicted molar refractivity (Wildman–Crippen MR) is 74.0 cm³/mol. The van der Waals surface area contributed by atoms with Gasteiger partial charge in [-0.25, -0.2) is 8.42 Å². The van der Waals surface area contributed by atoms with Gasteiger partial charge in [0.25, 0.3) is 0 Å². The van der Waals surface area contributed by atoms with Crippen LogP contribution in [-0.2, 0) is 9.84 Å². The Bertz CT molecular complexity index is 516. The van der Waals surface area contributed by atoms with E-state index in [-0.39, 0.29) is 11.5 Å². The third-order valence-corrected chi connectivity index (χ3v) is 5.10. The topological polar surface area (TPSA) is 63.4 Å². The van der Waals surface area contributed by atoms with Crippen molar-refractivity contribution in [3.8, 4) is 0 Å². The molecule has 2 N–H and O–H groups in total. The molecule has 0 spiro atoms. The van der Waals surface area contributed by atoms with E-state index in [4.69, 9.17) is 5.73 Å². The summed E-state index contributed by atoms with van der Waals surface area (Å²) in [6.45, 7) is 1.25. The quantitative estimate of drug-likeness (QED) is 0.800. The molecule has 1 saturated heterocycles. The fourth-order valence-corrected chi connectivity index (χ4v) is 3.59. The number of sulfone groups is 1. The van der Waals surface area contributed by atoms with Gasteiger partial charge in [0.15, 0.2) is 9.84 Å². The van der Waals surface area contributed by atoms with Crippen LogP contribution in [0.25, 0.3) is 0 Å². The minimum Gasteiger partial charge on any atom is -0.397 e. The number of hydrogen-bond donors (Lipinski definition) is 1. The normalized spacial score (nSPS) is 19.9. The average molecular weight is 319 g/mol. The highest BCUT2D eigenvalue weighted by atomic mass is 79.9. The van der Waals surface area contributed by atoms with E-state index in [0.29, 0.717) is 18.7 Å². The summed E-state index contributed by atoms with van der Waals surface area (Å²) in [6, 6.07) is 5.65. The fraction of sp³-hybridized carbons (Fsp3) is 0.455. The maximum atomic E-state index is 11.5. The van der Waals surface area contributed by atoms with Crippen molar-refractivity contribution in [3.63, 3.8) is 0 Å². The monoisotopic (exact) mass is 318 g/mol. The third-order valence-electron chi connectivity index (χ3n) is 2.89. The maximum Gasteiger partial charge on any atom is 0.152 e. The summed E-state index contributed by atoms with van der Waals surface area (Å²) in [6.07, 6.45) is 0.661. The van der Waals surface area contributed by atoms with E-state index < -0.39 is 9.84 Å². The Hall–Kier alpha value is -0.750. The molecule has 17 heavy (non-hydrogen) atoms. The molecule has 2 rings (SSSR count). The van der Waals surface area contributed by atoms with Crippen LogP contribution < -0.4 is 10.6 Å². The van der Waals surface area contributed by atoms with Gasteiger partial charge in [-0.1, -0.05) is 15.9 Å². The van der Waals surface area contributed by atoms with Gasteiger partial charge >= 0.3 is 0 Å². The second-order valence-corrected chi connectivity index (χ2v) is 7.41. The van der Waals surface area contributed by atoms with Crippen molar-refractivity contribution in [3.05, 3.63) is 22.7 Å². The number of nitrogens with two attached hydrogens (primary N) is 1. The first-order valence-electron chi connectivity index (χ1n) is 5.48. The molecule has 1 heterocycles. The van der Waals surface area contributed by atoms with Crippen molar-refractivity contribution in [2.75, 3.05) is 35.2 Å². The molecule has 4 nitrogen and oxygen atoms in total. The maximum absolute atomic E-state index is 11.5. The van der Waals surface area contributed by atoms with Gasteiger partial charge in [-0.15, -0.1) is 0 Å². The number of halogens is 1. The third kappa shape index (κ3) is 3.13. The number of hydrogen-bond acceptors (Lipinski definition) is 4. The minimum absolute atomic E-state index is 0.207. The summed E-state index contributed by atoms with van der Waals surface area (Å²) in [7, 11) is -2.88. The van der Waals surface area contributed by atoms with E-state index in [2.05, 4.69) is 15.9 Å². The Morgan fingerprint density at radius 2 is 2.00 bits per heavy atom. The Kier molecular flexibility index (Phi) is 3.63. The van der Waals surface area contributed by atoms with Crippen LogP contribution in [0.3, 0.4) is 0 Å². The van der Waals surface area contributed by atoms with E-state index in [0.717, 1.165) is 16.7 Å². The molecule has 0 atom stereocenters. The molecule has 94 valence electrons. The molecular weight excluding hydrogens is 304 g/mol. The van der Waals surface area contributed by atoms with Crippen LogP contribution in [0, 0.1) is 0 Å². The number of benzene rings is 1. The molecule has 1 aromatic carbocycles. The van der Waals surface area contributed by atoms with Gasteiger partial charge in [-0.3, -0.25) is 0 Å². The molecule has 0 saturated carbocycles. The van der Waals surface area contributed by atoms with Crippen LogP contribution in [0.5, 0.6) is 0 Å². The summed E-state index contributed by atoms with van der Waals surface area (Å²) in [5.41, 5.74) is 7.53. The molecular formula is C11H15BrN2O2S. The Morgan fingerprint density at radius 1 is 1.24 bits per heavy atom. The van der Waals surface area contributed by atoms with Crippen molar-refractivity contribution >= 4 is 37.1 Å². The lowest BCUT2D eigenvalue weighted by Gasteiger charge is -2.23. The predicted octanol–water partition coefficient (Wildman–Crippen LogP) is 1.66. The van der Waals surface area contributed by atoms with Crippen LogP contribution in [0.2, 0.25) is 0 Å². The van der Waals surface area contributed by atoms with Crippen molar-refractivity contribution in [1.82, 2.24) is 0 Å². The highest BCUT2D eigenvalue weighted by Gasteiger charge is 2.20. The molecule has 0 radical (unpaired) electrons. The molecule has 1 aliphatic heterocycles. The lowest BCUT2D eigenvalue weighted by atomic mass is 10.2. The standard InChI is InChI=1S/C11H15BrN2O2S/c12-9-2-3-10(13)11(8-9)14-4-1-6-17(15,16)7-5-14/h2-3,8H,1,4-7,13H2. The SMILES string of the molecule is Nc1ccc(Br)cc1N1CCCS(=O)(=O)CC1. The Morgan fingerprint density at radius 3 is 2.76 bits per heavy atom. The smallest absolute Gasteiger partial charge is 0.152 e. The van der Waals surface area contributed by atoms with Crippen molar-refractivity contribution in [2.45, 2.75) is 6.42 Å². The Balaban J connectivity index is 2.25. The van der Waals surface area contributed by atoms with E-state index in [9.17, 15) is 8.42 Å². The van der Waals surface area contributed by atoms with Gasteiger partial charge < -0.3 is 10.6 Å². The summed E-state index contributed by atoms with van der Waals surface area (Å²) < 4.78 is 24.0. The molecule has 0 amide bonds. The number of nitrogens with zero attached hydrogens (tertiary/aromatic N) is 1. The van der Waals surface area contributed by atoms with Gasteiger partial charge in [0.1, 0.15) is 0 Å². The highest BCUT2D eigenvalue weighted by Crippen LogP contribution is 2.28. The van der Waals surface area contributed by atoms with Gasteiger partial charge in [-0.05, 0) is 24.6 Å². The second kappa shape index (κ2) is 4.86. The number of nitrogen functional groups attached to an aromatic ring is 1. The summed E-state index contributed by atoms with van der Waals surface area (Å²) in [5.74, 6) is 0.483. The molecule has 1 fully saturated rings. The van der Waals surface area contributed by atoms with Gasteiger partial charge in [-0.2, -0.15) is 0 Å². The molecule has 0 bridgehead atoms. The van der Waals surface area contributed by atoms with Gasteiger partial charge in [0, 0.05) is 17.6 Å². The van der Waals surface area contributed by atoms with E-state index in [1.807, 2.05) is 23.1 Å². The first-order valence-corrected chi connectivity index (χ1v) is 8.10. The van der Waals surface area contributed by atoms with Crippen LogP contribution >= 0.6 is 15.9 Å². The molecule has 6 heteroatoms. The second-order valence-electron chi connectivity index (χ2n) is 4.20. The van der Waals surface area contributed by atoms with E-state index in [1.54, 1.807) is 0 Å². The zero-order valence-corrected chi connectivity index (χ0v) is 11.8. The van der Waals surface area contributed by atoms with Gasteiger partial charge in [0.05, 0.1) is 22.9 Å². The first-order chi connectivity index (χ1) is 7.98. The zero-order valence-electron chi connectivity index (χ0n) is 9.39. The Labute approximate surface area is 110 Å². The molecule has 1 aromatic rings. The van der Waals surface area contributed by atoms with Crippen LogP contribution in [-0.4, -0.2) is 33.0 Å². The van der Waals surface area contributed by atoms with Crippen molar-refractivity contribution in [2.24, 2.45) is 0 Å². The average Bonchev–Trinajstić information content (AvgIpc) is 2.43. The van der Waals surface area contributed by atoms with E-state index in [1.165, 1.54) is 0 Å². The van der Waals surface area contributed by atoms with Crippen LogP contribution in [0.4, 0.5) is 11.4 Å². The van der Waals surface area contributed by atoms with Gasteiger partial charge in [0.2, 0.25) is 0 Å². The van der Waals surface area contributed by atoms with E-state index >= 15 is 0 Å². The molecule has 0 unspecified atom stereocenters. The van der Waals surface area contributed by atoms with Crippen molar-refractivity contribution < 1.29 is 8.42 Å². The fourth-order valence-electron chi connectivity index (χ4n) is 1.97. The zero-order chi connectivity index (χ0) is 12.5. The first kappa shape index (κ1) is 12.7. The highest BCUT2D eigenvalue weighted by molar-refractivity contribution is 9.10. The number of anilines is 2. The lowest BCUT2D eigenvalue weighted by molar-refractivity contribution is 0.597. The van der Waals surface area contributed by atoms with Crippen LogP contribution in [0.1, 0.15) is 6.42 Å². The number of rotatable bonds is 1. The molecule has 0 aliphatic carbocycles.